The quantitative estimate of drug-likeness (QED) is 0.355. The molecular formula is C10H9Br2NO4. The molecule has 0 fully saturated rings. The average Bonchev–Trinajstić information content (AvgIpc) is 2.27. The molecule has 1 aromatic carbocycles. The first-order chi connectivity index (χ1) is 7.99. The third-order valence-electron chi connectivity index (χ3n) is 2.12. The highest BCUT2D eigenvalue weighted by atomic mass is 79.9. The lowest BCUT2D eigenvalue weighted by Crippen LogP contribution is -2.08. The Balaban J connectivity index is 3.30. The molecule has 1 rings (SSSR count). The standard InChI is InChI=1S/C10H9Br2NO4/c1-17-9(14)4-6-2-8(12)3-7(5-11)10(6)13(15)16/h2-3H,4-5H2,1H3. The van der Waals surface area contributed by atoms with Gasteiger partial charge in [-0.2, -0.15) is 0 Å². The van der Waals surface area contributed by atoms with Gasteiger partial charge in [-0.05, 0) is 12.1 Å². The smallest absolute Gasteiger partial charge is 0.310 e. The predicted molar refractivity (Wildman–Crippen MR) is 69.1 cm³/mol. The van der Waals surface area contributed by atoms with Crippen LogP contribution in [0.1, 0.15) is 11.1 Å². The van der Waals surface area contributed by atoms with Crippen LogP contribution in [0.2, 0.25) is 0 Å². The van der Waals surface area contributed by atoms with Gasteiger partial charge in [0.15, 0.2) is 0 Å². The zero-order valence-electron chi connectivity index (χ0n) is 8.91. The molecule has 0 amide bonds. The minimum Gasteiger partial charge on any atom is -0.469 e. The van der Waals surface area contributed by atoms with E-state index < -0.39 is 10.9 Å². The molecule has 0 aliphatic rings. The maximum absolute atomic E-state index is 11.2. The Labute approximate surface area is 115 Å². The van der Waals surface area contributed by atoms with Crippen molar-refractivity contribution in [2.45, 2.75) is 11.8 Å². The minimum absolute atomic E-state index is 0.0459. The minimum atomic E-state index is -0.508. The number of nitro groups is 1. The number of benzene rings is 1. The number of rotatable bonds is 4. The van der Waals surface area contributed by atoms with Gasteiger partial charge in [0.1, 0.15) is 0 Å². The van der Waals surface area contributed by atoms with E-state index in [-0.39, 0.29) is 12.1 Å². The maximum atomic E-state index is 11.2. The van der Waals surface area contributed by atoms with E-state index in [1.54, 1.807) is 12.1 Å². The normalized spacial score (nSPS) is 10.1. The SMILES string of the molecule is COC(=O)Cc1cc(Br)cc(CBr)c1[N+](=O)[O-]. The lowest BCUT2D eigenvalue weighted by atomic mass is 10.1. The van der Waals surface area contributed by atoms with Gasteiger partial charge in [-0.3, -0.25) is 14.9 Å². The van der Waals surface area contributed by atoms with Crippen molar-refractivity contribution in [3.63, 3.8) is 0 Å². The largest absolute Gasteiger partial charge is 0.469 e. The first-order valence-corrected chi connectivity index (χ1v) is 6.49. The summed E-state index contributed by atoms with van der Waals surface area (Å²) in [6.07, 6.45) is -0.119. The first kappa shape index (κ1) is 14.1. The van der Waals surface area contributed by atoms with Crippen LogP contribution in [0.15, 0.2) is 16.6 Å². The number of esters is 1. The molecule has 0 bridgehead atoms. The van der Waals surface area contributed by atoms with E-state index >= 15 is 0 Å². The maximum Gasteiger partial charge on any atom is 0.310 e. The van der Waals surface area contributed by atoms with Crippen molar-refractivity contribution < 1.29 is 14.5 Å². The van der Waals surface area contributed by atoms with Crippen LogP contribution in [0, 0.1) is 10.1 Å². The molecule has 5 nitrogen and oxygen atoms in total. The van der Waals surface area contributed by atoms with Crippen molar-refractivity contribution in [3.8, 4) is 0 Å². The van der Waals surface area contributed by atoms with Crippen molar-refractivity contribution in [3.05, 3.63) is 37.8 Å². The number of hydrogen-bond acceptors (Lipinski definition) is 4. The van der Waals surface area contributed by atoms with E-state index in [4.69, 9.17) is 0 Å². The van der Waals surface area contributed by atoms with E-state index in [0.717, 1.165) is 0 Å². The lowest BCUT2D eigenvalue weighted by molar-refractivity contribution is -0.386. The van der Waals surface area contributed by atoms with Gasteiger partial charge in [-0.1, -0.05) is 31.9 Å². The Morgan fingerprint density at radius 3 is 2.53 bits per heavy atom. The molecule has 92 valence electrons. The lowest BCUT2D eigenvalue weighted by Gasteiger charge is -2.06. The molecule has 1 aromatic rings. The predicted octanol–water partition coefficient (Wildman–Crippen LogP) is 2.97. The van der Waals surface area contributed by atoms with E-state index in [1.807, 2.05) is 0 Å². The second-order valence-corrected chi connectivity index (χ2v) is 4.69. The summed E-state index contributed by atoms with van der Waals surface area (Å²) in [7, 11) is 1.25. The summed E-state index contributed by atoms with van der Waals surface area (Å²) in [6, 6.07) is 3.20. The molecule has 0 spiro atoms. The number of hydrogen-bond donors (Lipinski definition) is 0. The Kier molecular flexibility index (Phi) is 5.07. The first-order valence-electron chi connectivity index (χ1n) is 4.58. The summed E-state index contributed by atoms with van der Waals surface area (Å²) < 4.78 is 5.20. The molecule has 0 radical (unpaired) electrons. The summed E-state index contributed by atoms with van der Waals surface area (Å²) in [5.74, 6) is -0.508. The average molecular weight is 367 g/mol. The number of ether oxygens (including phenoxy) is 1. The second-order valence-electron chi connectivity index (χ2n) is 3.22. The van der Waals surface area contributed by atoms with Crippen LogP contribution in [0.5, 0.6) is 0 Å². The third-order valence-corrected chi connectivity index (χ3v) is 3.18. The van der Waals surface area contributed by atoms with E-state index in [1.165, 1.54) is 7.11 Å². The number of carbonyl (C=O) groups is 1. The summed E-state index contributed by atoms with van der Waals surface area (Å²) >= 11 is 6.44. The molecule has 0 saturated carbocycles. The molecule has 0 aromatic heterocycles. The molecule has 0 aliphatic heterocycles. The molecule has 0 N–H and O–H groups in total. The number of nitro benzene ring substituents is 1. The van der Waals surface area contributed by atoms with Gasteiger partial charge >= 0.3 is 5.97 Å². The second kappa shape index (κ2) is 6.11. The number of nitrogens with zero attached hydrogens (tertiary/aromatic N) is 1. The molecular weight excluding hydrogens is 358 g/mol. The summed E-state index contributed by atoms with van der Waals surface area (Å²) in [5.41, 5.74) is 0.810. The molecule has 0 unspecified atom stereocenters. The van der Waals surface area contributed by atoms with Crippen molar-refractivity contribution >= 4 is 43.5 Å². The number of alkyl halides is 1. The van der Waals surface area contributed by atoms with Gasteiger partial charge in [0.2, 0.25) is 0 Å². The van der Waals surface area contributed by atoms with Crippen molar-refractivity contribution in [2.75, 3.05) is 7.11 Å². The van der Waals surface area contributed by atoms with Crippen LogP contribution in [0.3, 0.4) is 0 Å². The fourth-order valence-electron chi connectivity index (χ4n) is 1.42. The number of methoxy groups -OCH3 is 1. The molecule has 0 heterocycles. The fourth-order valence-corrected chi connectivity index (χ4v) is 2.40. The van der Waals surface area contributed by atoms with Gasteiger partial charge in [0, 0.05) is 20.9 Å². The summed E-state index contributed by atoms with van der Waals surface area (Å²) in [5, 5.41) is 11.3. The number of halogens is 2. The van der Waals surface area contributed by atoms with Crippen LogP contribution in [0.25, 0.3) is 0 Å². The van der Waals surface area contributed by atoms with E-state index in [2.05, 4.69) is 36.6 Å². The Morgan fingerprint density at radius 1 is 1.47 bits per heavy atom. The molecule has 0 aliphatic carbocycles. The highest BCUT2D eigenvalue weighted by molar-refractivity contribution is 9.10. The van der Waals surface area contributed by atoms with Crippen LogP contribution in [0.4, 0.5) is 5.69 Å². The third kappa shape index (κ3) is 3.50. The zero-order valence-corrected chi connectivity index (χ0v) is 12.1. The zero-order chi connectivity index (χ0) is 13.0. The number of carbonyl (C=O) groups excluding carboxylic acids is 1. The van der Waals surface area contributed by atoms with E-state index in [0.29, 0.717) is 20.9 Å². The van der Waals surface area contributed by atoms with Gasteiger partial charge in [0.05, 0.1) is 18.5 Å². The molecule has 7 heteroatoms. The van der Waals surface area contributed by atoms with Gasteiger partial charge < -0.3 is 4.74 Å². The highest BCUT2D eigenvalue weighted by Crippen LogP contribution is 2.30. The molecule has 0 saturated heterocycles. The topological polar surface area (TPSA) is 69.4 Å². The van der Waals surface area contributed by atoms with Crippen LogP contribution in [-0.2, 0) is 21.3 Å². The van der Waals surface area contributed by atoms with Crippen molar-refractivity contribution in [1.29, 1.82) is 0 Å². The molecule has 0 atom stereocenters. The monoisotopic (exact) mass is 365 g/mol. The summed E-state index contributed by atoms with van der Waals surface area (Å²) in [4.78, 5) is 21.7. The Morgan fingerprint density at radius 2 is 2.06 bits per heavy atom. The van der Waals surface area contributed by atoms with Crippen LogP contribution in [-0.4, -0.2) is 18.0 Å². The van der Waals surface area contributed by atoms with E-state index in [9.17, 15) is 14.9 Å². The van der Waals surface area contributed by atoms with Crippen LogP contribution >= 0.6 is 31.9 Å². The van der Waals surface area contributed by atoms with Crippen LogP contribution < -0.4 is 0 Å². The van der Waals surface area contributed by atoms with Gasteiger partial charge in [-0.15, -0.1) is 0 Å². The van der Waals surface area contributed by atoms with Gasteiger partial charge in [-0.25, -0.2) is 0 Å². The Hall–Kier alpha value is -0.950. The van der Waals surface area contributed by atoms with Crippen molar-refractivity contribution in [2.24, 2.45) is 0 Å². The molecule has 17 heavy (non-hydrogen) atoms. The van der Waals surface area contributed by atoms with Gasteiger partial charge in [0.25, 0.3) is 5.69 Å². The van der Waals surface area contributed by atoms with Crippen molar-refractivity contribution in [1.82, 2.24) is 0 Å². The Bertz CT molecular complexity index is 462. The highest BCUT2D eigenvalue weighted by Gasteiger charge is 2.22. The summed E-state index contributed by atoms with van der Waals surface area (Å²) in [6.45, 7) is 0. The fraction of sp³-hybridized carbons (Fsp3) is 0.300.